The Labute approximate surface area is 248 Å². The predicted octanol–water partition coefficient (Wildman–Crippen LogP) is 3.25. The van der Waals surface area contributed by atoms with Crippen molar-refractivity contribution in [3.63, 3.8) is 0 Å². The number of halogens is 1. The first kappa shape index (κ1) is 33.6. The highest BCUT2D eigenvalue weighted by molar-refractivity contribution is 14.1. The highest BCUT2D eigenvalue weighted by atomic mass is 127. The number of rotatable bonds is 5. The third-order valence-corrected chi connectivity index (χ3v) is 8.03. The third kappa shape index (κ3) is 7.99. The molecule has 0 radical (unpaired) electrons. The lowest BCUT2D eigenvalue weighted by Gasteiger charge is -2.29. The minimum atomic E-state index is -0.932. The van der Waals surface area contributed by atoms with Crippen LogP contribution < -0.4 is 5.32 Å². The lowest BCUT2D eigenvalue weighted by Crippen LogP contribution is -2.37. The summed E-state index contributed by atoms with van der Waals surface area (Å²) >= 11 is 1.74. The van der Waals surface area contributed by atoms with Crippen molar-refractivity contribution in [2.24, 2.45) is 11.8 Å². The van der Waals surface area contributed by atoms with Gasteiger partial charge in [-0.15, -0.1) is 0 Å². The van der Waals surface area contributed by atoms with Crippen LogP contribution in [0.1, 0.15) is 40.5 Å². The van der Waals surface area contributed by atoms with Crippen LogP contribution in [-0.4, -0.2) is 74.8 Å². The Bertz CT molecular complexity index is 1150. The first-order chi connectivity index (χ1) is 18.9. The smallest absolute Gasteiger partial charge is 0.293 e. The number of aliphatic hydroxyl groups excluding tert-OH is 1. The molecule has 1 aliphatic carbocycles. The van der Waals surface area contributed by atoms with E-state index in [2.05, 4.69) is 5.32 Å². The van der Waals surface area contributed by atoms with Crippen LogP contribution >= 0.6 is 22.6 Å². The number of methoxy groups -OCH3 is 3. The van der Waals surface area contributed by atoms with Gasteiger partial charge in [0.15, 0.2) is 11.9 Å². The monoisotopic (exact) mass is 671 g/mol. The number of hydrogen-bond donors (Lipinski definition) is 2. The van der Waals surface area contributed by atoms with Gasteiger partial charge in [0, 0.05) is 31.3 Å². The molecule has 0 aromatic heterocycles. The van der Waals surface area contributed by atoms with Gasteiger partial charge in [-0.3, -0.25) is 19.2 Å². The molecule has 0 unspecified atom stereocenters. The fourth-order valence-corrected chi connectivity index (χ4v) is 5.40. The maximum absolute atomic E-state index is 13.5. The number of hydrogen-bond acceptors (Lipinski definition) is 9. The Morgan fingerprint density at radius 1 is 1.07 bits per heavy atom. The quantitative estimate of drug-likeness (QED) is 0.195. The van der Waals surface area contributed by atoms with E-state index in [0.29, 0.717) is 18.5 Å². The number of aliphatic hydroxyl groups is 1. The number of carbonyl (C=O) groups excluding carboxylic acids is 4. The second kappa shape index (κ2) is 15.4. The minimum Gasteiger partial charge on any atom is -0.492 e. The van der Waals surface area contributed by atoms with Gasteiger partial charge in [0.2, 0.25) is 11.6 Å². The molecule has 2 aliphatic rings. The van der Waals surface area contributed by atoms with E-state index in [9.17, 15) is 24.3 Å². The Balaban J connectivity index is 2.63. The number of Topliss-reactive ketones (excluding diaryl/α,β-unsaturated/α-hetero) is 2. The summed E-state index contributed by atoms with van der Waals surface area (Å²) in [4.78, 5) is 50.9. The van der Waals surface area contributed by atoms with E-state index in [0.717, 1.165) is 0 Å². The Morgan fingerprint density at radius 2 is 1.75 bits per heavy atom. The van der Waals surface area contributed by atoms with Crippen LogP contribution in [0.4, 0.5) is 0 Å². The molecule has 1 amide bonds. The first-order valence-electron chi connectivity index (χ1n) is 12.8. The second-order valence-electron chi connectivity index (χ2n) is 9.98. The molecule has 0 aromatic carbocycles. The van der Waals surface area contributed by atoms with Gasteiger partial charge in [-0.1, -0.05) is 38.2 Å². The maximum Gasteiger partial charge on any atom is 0.293 e. The van der Waals surface area contributed by atoms with Gasteiger partial charge in [0.05, 0.1) is 22.9 Å². The average molecular weight is 672 g/mol. The van der Waals surface area contributed by atoms with Gasteiger partial charge in [-0.2, -0.15) is 0 Å². The summed E-state index contributed by atoms with van der Waals surface area (Å²) in [5.41, 5.74) is 0.959. The summed E-state index contributed by atoms with van der Waals surface area (Å²) in [5.74, 6) is -2.23. The summed E-state index contributed by atoms with van der Waals surface area (Å²) in [6.45, 7) is 7.36. The Hall–Kier alpha value is -2.61. The highest BCUT2D eigenvalue weighted by Gasteiger charge is 2.37. The van der Waals surface area contributed by atoms with E-state index in [-0.39, 0.29) is 38.5 Å². The Morgan fingerprint density at radius 3 is 2.33 bits per heavy atom. The number of carbonyl (C=O) groups is 4. The molecule has 40 heavy (non-hydrogen) atoms. The van der Waals surface area contributed by atoms with Gasteiger partial charge in [-0.05, 0) is 60.8 Å². The molecule has 2 rings (SSSR count). The molecule has 0 saturated carbocycles. The number of allylic oxidation sites excluding steroid dienone is 4. The molecule has 2 N–H and O–H groups in total. The second-order valence-corrected chi connectivity index (χ2v) is 11.1. The molecule has 1 aliphatic heterocycles. The molecular formula is C29H38INO9. The number of fused-ring (bicyclic) bond motifs is 2. The van der Waals surface area contributed by atoms with Crippen LogP contribution in [0.25, 0.3) is 0 Å². The van der Waals surface area contributed by atoms with Crippen molar-refractivity contribution in [3.8, 4) is 0 Å². The lowest BCUT2D eigenvalue weighted by atomic mass is 9.85. The van der Waals surface area contributed by atoms with Crippen molar-refractivity contribution in [2.75, 3.05) is 21.3 Å². The topological polar surface area (TPSA) is 137 Å². The molecule has 0 spiro atoms. The van der Waals surface area contributed by atoms with Gasteiger partial charge >= 0.3 is 0 Å². The molecule has 0 saturated heterocycles. The summed E-state index contributed by atoms with van der Waals surface area (Å²) in [7, 11) is 4.28. The minimum absolute atomic E-state index is 0.0484. The van der Waals surface area contributed by atoms with Gasteiger partial charge in [0.25, 0.3) is 12.4 Å². The summed E-state index contributed by atoms with van der Waals surface area (Å²) < 4.78 is 21.9. The standard InChI is InChI=1S/C29H38INO9/c1-15-11-19-25(34)23(22(30)26(35)28(19)39-7)31-29(36)16(2)9-8-10-20(37-5)27(40-14-32)18(4)13-17(3)24(33)21(12-15)38-6/h8-10,13-15,17,20-21,24,27,33H,11-12H2,1-7H3,(H,31,36)/b10-8-,16-9+,18-13+/t15-,17+,20+,21+,24-,27+/m1/s1. The molecule has 6 atom stereocenters. The normalized spacial score (nSPS) is 33.0. The largest absolute Gasteiger partial charge is 0.492 e. The maximum atomic E-state index is 13.5. The fourth-order valence-electron chi connectivity index (χ4n) is 4.77. The van der Waals surface area contributed by atoms with E-state index < -0.39 is 47.8 Å². The van der Waals surface area contributed by atoms with Crippen molar-refractivity contribution < 1.29 is 43.2 Å². The van der Waals surface area contributed by atoms with Crippen LogP contribution in [0, 0.1) is 11.8 Å². The molecule has 1 heterocycles. The Kier molecular flexibility index (Phi) is 12.9. The van der Waals surface area contributed by atoms with Gasteiger partial charge < -0.3 is 29.4 Å². The summed E-state index contributed by atoms with van der Waals surface area (Å²) in [6.07, 6.45) is 4.02. The number of ketones is 2. The van der Waals surface area contributed by atoms with Crippen LogP contribution in [0.5, 0.6) is 0 Å². The molecule has 0 fully saturated rings. The summed E-state index contributed by atoms with van der Waals surface area (Å²) in [6, 6.07) is 0. The van der Waals surface area contributed by atoms with Crippen LogP contribution in [0.3, 0.4) is 0 Å². The van der Waals surface area contributed by atoms with Crippen molar-refractivity contribution in [2.45, 2.75) is 65.0 Å². The molecule has 220 valence electrons. The van der Waals surface area contributed by atoms with E-state index in [1.54, 1.807) is 54.7 Å². The zero-order chi connectivity index (χ0) is 30.1. The molecule has 2 bridgehead atoms. The lowest BCUT2D eigenvalue weighted by molar-refractivity contribution is -0.136. The SMILES string of the molecule is COC1=C2C[C@@H](C)C[C@H](OC)[C@H](O)[C@@H](C)/C=C(\C)[C@H](OC=O)[C@@H](OC)/C=C\C=C(/C)C(=O)NC(=C(I)C1=O)C2=O. The molecule has 11 heteroatoms. The van der Waals surface area contributed by atoms with Crippen molar-refractivity contribution in [1.29, 1.82) is 0 Å². The highest BCUT2D eigenvalue weighted by Crippen LogP contribution is 2.33. The van der Waals surface area contributed by atoms with Crippen LogP contribution in [0.15, 0.2) is 56.1 Å². The number of nitrogens with one attached hydrogen (secondary N) is 1. The average Bonchev–Trinajstić information content (AvgIpc) is 2.92. The third-order valence-electron chi connectivity index (χ3n) is 7.01. The zero-order valence-corrected chi connectivity index (χ0v) is 26.0. The van der Waals surface area contributed by atoms with Crippen molar-refractivity contribution in [1.82, 2.24) is 5.32 Å². The summed E-state index contributed by atoms with van der Waals surface area (Å²) in [5, 5.41) is 13.7. The molecule has 0 aromatic rings. The van der Waals surface area contributed by atoms with E-state index in [1.807, 2.05) is 13.8 Å². The molecule has 10 nitrogen and oxygen atoms in total. The molecular weight excluding hydrogens is 633 g/mol. The predicted molar refractivity (Wildman–Crippen MR) is 156 cm³/mol. The van der Waals surface area contributed by atoms with Crippen molar-refractivity contribution >= 4 is 46.5 Å². The number of ether oxygens (including phenoxy) is 4. The zero-order valence-electron chi connectivity index (χ0n) is 23.9. The first-order valence-corrected chi connectivity index (χ1v) is 13.9. The van der Waals surface area contributed by atoms with Crippen LogP contribution in [0.2, 0.25) is 0 Å². The van der Waals surface area contributed by atoms with Gasteiger partial charge in [0.1, 0.15) is 11.8 Å². The fraction of sp³-hybridized carbons (Fsp3) is 0.517. The number of amides is 1. The van der Waals surface area contributed by atoms with Crippen LogP contribution in [-0.2, 0) is 38.1 Å². The van der Waals surface area contributed by atoms with Gasteiger partial charge in [-0.25, -0.2) is 0 Å². The van der Waals surface area contributed by atoms with E-state index in [4.69, 9.17) is 18.9 Å². The van der Waals surface area contributed by atoms with Crippen molar-refractivity contribution in [3.05, 3.63) is 56.1 Å². The van der Waals surface area contributed by atoms with E-state index >= 15 is 0 Å². The van der Waals surface area contributed by atoms with E-state index in [1.165, 1.54) is 27.4 Å².